The number of carbonyl (C=O) groups is 2. The van der Waals surface area contributed by atoms with E-state index < -0.39 is 5.91 Å². The molecule has 1 rings (SSSR count). The lowest BCUT2D eigenvalue weighted by Gasteiger charge is -2.17. The number of carbonyl (C=O) groups excluding carboxylic acids is 2. The van der Waals surface area contributed by atoms with E-state index in [-0.39, 0.29) is 22.2 Å². The third-order valence-corrected chi connectivity index (χ3v) is 4.38. The van der Waals surface area contributed by atoms with E-state index >= 15 is 0 Å². The van der Waals surface area contributed by atoms with Crippen LogP contribution in [-0.4, -0.2) is 40.3 Å². The zero-order valence-corrected chi connectivity index (χ0v) is 15.4. The molecule has 1 aromatic heterocycles. The summed E-state index contributed by atoms with van der Waals surface area (Å²) >= 11 is 1.51. The van der Waals surface area contributed by atoms with Crippen LogP contribution in [-0.2, 0) is 11.3 Å². The van der Waals surface area contributed by atoms with Gasteiger partial charge in [-0.05, 0) is 25.2 Å². The molecule has 0 fully saturated rings. The van der Waals surface area contributed by atoms with Gasteiger partial charge in [0.25, 0.3) is 0 Å². The summed E-state index contributed by atoms with van der Waals surface area (Å²) in [6.07, 6.45) is 0. The van der Waals surface area contributed by atoms with Crippen molar-refractivity contribution in [3.8, 4) is 0 Å². The first kappa shape index (κ1) is 19.6. The van der Waals surface area contributed by atoms with Gasteiger partial charge in [0.2, 0.25) is 5.91 Å². The Bertz CT molecular complexity index is 519. The van der Waals surface area contributed by atoms with Crippen molar-refractivity contribution in [1.29, 1.82) is 0 Å². The minimum absolute atomic E-state index is 0.00168. The van der Waals surface area contributed by atoms with Crippen LogP contribution in [0.4, 0.5) is 0 Å². The zero-order valence-electron chi connectivity index (χ0n) is 14.6. The van der Waals surface area contributed by atoms with Crippen LogP contribution in [0.2, 0.25) is 0 Å². The summed E-state index contributed by atoms with van der Waals surface area (Å²) < 4.78 is 5.52. The minimum atomic E-state index is -0.454. The molecule has 1 aromatic rings. The Kier molecular flexibility index (Phi) is 7.64. The van der Waals surface area contributed by atoms with Crippen LogP contribution in [0.5, 0.6) is 0 Å². The van der Waals surface area contributed by atoms with Crippen molar-refractivity contribution in [3.05, 3.63) is 23.7 Å². The highest BCUT2D eigenvalue weighted by atomic mass is 32.2. The van der Waals surface area contributed by atoms with E-state index in [4.69, 9.17) is 4.42 Å². The largest absolute Gasteiger partial charge is 0.454 e. The van der Waals surface area contributed by atoms with Crippen LogP contribution < -0.4 is 10.9 Å². The molecule has 0 aliphatic heterocycles. The van der Waals surface area contributed by atoms with Crippen LogP contribution in [0, 0.1) is 0 Å². The van der Waals surface area contributed by atoms with Crippen LogP contribution in [0.15, 0.2) is 16.5 Å². The highest BCUT2D eigenvalue weighted by Crippen LogP contribution is 2.22. The van der Waals surface area contributed by atoms with Crippen molar-refractivity contribution in [2.45, 2.75) is 45.9 Å². The average molecular weight is 341 g/mol. The van der Waals surface area contributed by atoms with Crippen molar-refractivity contribution < 1.29 is 14.0 Å². The fraction of sp³-hybridized carbons (Fsp3) is 0.625. The van der Waals surface area contributed by atoms with Crippen LogP contribution in [0.1, 0.15) is 50.9 Å². The molecule has 0 aromatic carbocycles. The van der Waals surface area contributed by atoms with Crippen LogP contribution in [0.3, 0.4) is 0 Å². The zero-order chi connectivity index (χ0) is 17.5. The quantitative estimate of drug-likeness (QED) is 0.745. The van der Waals surface area contributed by atoms with Crippen molar-refractivity contribution in [1.82, 2.24) is 15.8 Å². The number of hydrazine groups is 1. The Morgan fingerprint density at radius 2 is 1.83 bits per heavy atom. The molecule has 0 radical (unpaired) electrons. The summed E-state index contributed by atoms with van der Waals surface area (Å²) in [5, 5.41) is 0. The molecule has 0 atom stereocenters. The molecule has 0 saturated carbocycles. The van der Waals surface area contributed by atoms with Crippen LogP contribution in [0.25, 0.3) is 0 Å². The molecule has 7 heteroatoms. The van der Waals surface area contributed by atoms with Gasteiger partial charge in [-0.2, -0.15) is 0 Å². The second-order valence-corrected chi connectivity index (χ2v) is 7.93. The molecule has 0 aliphatic carbocycles. The first-order valence-electron chi connectivity index (χ1n) is 7.79. The SMILES string of the molecule is CCN(CC)Cc1ccc(C(=O)NNC(=O)CSC(C)(C)C)o1. The highest BCUT2D eigenvalue weighted by Gasteiger charge is 2.16. The maximum Gasteiger partial charge on any atom is 0.305 e. The second-order valence-electron chi connectivity index (χ2n) is 6.13. The second kappa shape index (κ2) is 8.98. The maximum atomic E-state index is 11.9. The molecule has 2 N–H and O–H groups in total. The Morgan fingerprint density at radius 1 is 1.17 bits per heavy atom. The van der Waals surface area contributed by atoms with Gasteiger partial charge in [0, 0.05) is 4.75 Å². The number of amides is 2. The standard InChI is InChI=1S/C16H27N3O3S/c1-6-19(7-2)10-12-8-9-13(22-12)15(21)18-17-14(20)11-23-16(3,4)5/h8-9H,6-7,10-11H2,1-5H3,(H,17,20)(H,18,21). The Morgan fingerprint density at radius 3 is 2.39 bits per heavy atom. The molecule has 0 aliphatic rings. The van der Waals surface area contributed by atoms with E-state index in [2.05, 4.69) is 29.6 Å². The summed E-state index contributed by atoms with van der Waals surface area (Å²) in [4.78, 5) is 25.8. The predicted octanol–water partition coefficient (Wildman–Crippen LogP) is 2.41. The number of hydrogen-bond acceptors (Lipinski definition) is 5. The summed E-state index contributed by atoms with van der Waals surface area (Å²) in [6.45, 7) is 12.7. The fourth-order valence-corrected chi connectivity index (χ4v) is 2.40. The molecule has 0 bridgehead atoms. The molecule has 23 heavy (non-hydrogen) atoms. The van der Waals surface area contributed by atoms with E-state index in [9.17, 15) is 9.59 Å². The molecule has 2 amide bonds. The first-order chi connectivity index (χ1) is 10.7. The number of nitrogens with one attached hydrogen (secondary N) is 2. The molecule has 130 valence electrons. The van der Waals surface area contributed by atoms with E-state index in [0.717, 1.165) is 18.8 Å². The molecular weight excluding hydrogens is 314 g/mol. The van der Waals surface area contributed by atoms with Gasteiger partial charge in [-0.25, -0.2) is 0 Å². The number of nitrogens with zero attached hydrogens (tertiary/aromatic N) is 1. The van der Waals surface area contributed by atoms with Crippen molar-refractivity contribution in [3.63, 3.8) is 0 Å². The number of thioether (sulfide) groups is 1. The lowest BCUT2D eigenvalue weighted by molar-refractivity contribution is -0.119. The minimum Gasteiger partial charge on any atom is -0.454 e. The summed E-state index contributed by atoms with van der Waals surface area (Å²) in [5.74, 6) is 0.511. The van der Waals surface area contributed by atoms with Crippen molar-refractivity contribution in [2.24, 2.45) is 0 Å². The van der Waals surface area contributed by atoms with E-state index in [1.165, 1.54) is 11.8 Å². The average Bonchev–Trinajstić information content (AvgIpc) is 2.96. The highest BCUT2D eigenvalue weighted by molar-refractivity contribution is 8.01. The monoisotopic (exact) mass is 341 g/mol. The maximum absolute atomic E-state index is 11.9. The van der Waals surface area contributed by atoms with Crippen molar-refractivity contribution >= 4 is 23.6 Å². The summed E-state index contributed by atoms with van der Waals surface area (Å²) in [7, 11) is 0. The fourth-order valence-electron chi connectivity index (χ4n) is 1.76. The Labute approximate surface area is 142 Å². The number of hydrogen-bond donors (Lipinski definition) is 2. The third kappa shape index (κ3) is 7.56. The van der Waals surface area contributed by atoms with Crippen LogP contribution >= 0.6 is 11.8 Å². The van der Waals surface area contributed by atoms with Gasteiger partial charge >= 0.3 is 5.91 Å². The molecule has 1 heterocycles. The van der Waals surface area contributed by atoms with Crippen molar-refractivity contribution in [2.75, 3.05) is 18.8 Å². The number of furan rings is 1. The topological polar surface area (TPSA) is 74.6 Å². The van der Waals surface area contributed by atoms with Gasteiger partial charge in [0.1, 0.15) is 5.76 Å². The van der Waals surface area contributed by atoms with Gasteiger partial charge in [-0.15, -0.1) is 11.8 Å². The van der Waals surface area contributed by atoms with Gasteiger partial charge in [-0.1, -0.05) is 34.6 Å². The van der Waals surface area contributed by atoms with Gasteiger partial charge in [0.05, 0.1) is 12.3 Å². The summed E-state index contributed by atoms with van der Waals surface area (Å²) in [5.41, 5.74) is 4.77. The molecule has 6 nitrogen and oxygen atoms in total. The molecule has 0 unspecified atom stereocenters. The molecular formula is C16H27N3O3S. The Hall–Kier alpha value is -1.47. The predicted molar refractivity (Wildman–Crippen MR) is 93.2 cm³/mol. The molecule has 0 saturated heterocycles. The van der Waals surface area contributed by atoms with Gasteiger partial charge in [0.15, 0.2) is 5.76 Å². The number of rotatable bonds is 7. The Balaban J connectivity index is 2.43. The lowest BCUT2D eigenvalue weighted by Crippen LogP contribution is -2.42. The first-order valence-corrected chi connectivity index (χ1v) is 8.78. The lowest BCUT2D eigenvalue weighted by atomic mass is 10.3. The third-order valence-electron chi connectivity index (χ3n) is 3.11. The van der Waals surface area contributed by atoms with E-state index in [1.54, 1.807) is 12.1 Å². The van der Waals surface area contributed by atoms with E-state index in [0.29, 0.717) is 6.54 Å². The summed E-state index contributed by atoms with van der Waals surface area (Å²) in [6, 6.07) is 3.40. The van der Waals surface area contributed by atoms with Gasteiger partial charge in [-0.3, -0.25) is 25.3 Å². The smallest absolute Gasteiger partial charge is 0.305 e. The normalized spacial score (nSPS) is 11.6. The molecule has 0 spiro atoms. The van der Waals surface area contributed by atoms with E-state index in [1.807, 2.05) is 20.8 Å². The van der Waals surface area contributed by atoms with Gasteiger partial charge < -0.3 is 4.42 Å².